The summed E-state index contributed by atoms with van der Waals surface area (Å²) in [5.41, 5.74) is 0.776. The molecule has 0 aromatic heterocycles. The number of rotatable bonds is 1. The van der Waals surface area contributed by atoms with Crippen molar-refractivity contribution in [2.75, 3.05) is 6.54 Å². The second-order valence-corrected chi connectivity index (χ2v) is 5.73. The quantitative estimate of drug-likeness (QED) is 0.722. The Morgan fingerprint density at radius 1 is 1.29 bits per heavy atom. The minimum absolute atomic E-state index is 0.0132. The monoisotopic (exact) mass is 239 g/mol. The molecule has 1 aliphatic rings. The molecule has 0 N–H and O–H groups in total. The van der Waals surface area contributed by atoms with E-state index in [-0.39, 0.29) is 17.4 Å². The highest BCUT2D eigenvalue weighted by molar-refractivity contribution is 5.22. The molecule has 1 nitrogen and oxygen atoms in total. The van der Waals surface area contributed by atoms with E-state index in [4.69, 9.17) is 0 Å². The van der Waals surface area contributed by atoms with Gasteiger partial charge in [0, 0.05) is 18.1 Å². The molecule has 0 radical (unpaired) electrons. The minimum atomic E-state index is -0.817. The van der Waals surface area contributed by atoms with Gasteiger partial charge in [-0.1, -0.05) is 12.1 Å². The van der Waals surface area contributed by atoms with E-state index in [1.54, 1.807) is 6.07 Å². The second-order valence-electron chi connectivity index (χ2n) is 5.73. The van der Waals surface area contributed by atoms with Crippen LogP contribution in [0.3, 0.4) is 0 Å². The van der Waals surface area contributed by atoms with Crippen LogP contribution in [0.5, 0.6) is 0 Å². The molecule has 1 aromatic rings. The second kappa shape index (κ2) is 4.37. The van der Waals surface area contributed by atoms with Gasteiger partial charge in [0.2, 0.25) is 0 Å². The van der Waals surface area contributed by atoms with Crippen LogP contribution in [0, 0.1) is 5.82 Å². The smallest absolute Gasteiger partial charge is 0.123 e. The van der Waals surface area contributed by atoms with E-state index in [0.29, 0.717) is 13.0 Å². The summed E-state index contributed by atoms with van der Waals surface area (Å²) in [7, 11) is 0. The fraction of sp³-hybridized carbons (Fsp3) is 0.571. The molecule has 2 atom stereocenters. The molecule has 0 bridgehead atoms. The predicted octanol–water partition coefficient (Wildman–Crippen LogP) is 3.71. The van der Waals surface area contributed by atoms with Gasteiger partial charge < -0.3 is 0 Å². The molecular weight excluding hydrogens is 220 g/mol. The zero-order valence-electron chi connectivity index (χ0n) is 10.6. The highest BCUT2D eigenvalue weighted by atomic mass is 19.1. The Bertz CT molecular complexity index is 397. The van der Waals surface area contributed by atoms with Gasteiger partial charge in [-0.05, 0) is 44.9 Å². The van der Waals surface area contributed by atoms with Crippen LogP contribution in [0.1, 0.15) is 38.8 Å². The number of benzene rings is 1. The molecule has 1 aromatic carbocycles. The molecule has 1 heterocycles. The Morgan fingerprint density at radius 2 is 2.00 bits per heavy atom. The SMILES string of the molecule is CC(C)(C)N1C[C@@H](F)C[C@@H]1c1cccc(F)c1. The van der Waals surface area contributed by atoms with Gasteiger partial charge in [-0.2, -0.15) is 0 Å². The number of hydrogen-bond acceptors (Lipinski definition) is 1. The Labute approximate surface area is 101 Å². The fourth-order valence-electron chi connectivity index (χ4n) is 2.56. The molecular formula is C14H19F2N. The first-order valence-electron chi connectivity index (χ1n) is 6.04. The minimum Gasteiger partial charge on any atom is -0.288 e. The van der Waals surface area contributed by atoms with E-state index >= 15 is 0 Å². The van der Waals surface area contributed by atoms with Crippen LogP contribution in [0.2, 0.25) is 0 Å². The van der Waals surface area contributed by atoms with Gasteiger partial charge in [-0.3, -0.25) is 4.90 Å². The molecule has 1 aliphatic heterocycles. The van der Waals surface area contributed by atoms with Crippen molar-refractivity contribution in [1.29, 1.82) is 0 Å². The first kappa shape index (κ1) is 12.5. The first-order chi connectivity index (χ1) is 7.88. The lowest BCUT2D eigenvalue weighted by Gasteiger charge is -2.37. The van der Waals surface area contributed by atoms with Crippen molar-refractivity contribution in [3.63, 3.8) is 0 Å². The van der Waals surface area contributed by atoms with E-state index in [2.05, 4.69) is 25.7 Å². The van der Waals surface area contributed by atoms with Crippen LogP contribution in [0.15, 0.2) is 24.3 Å². The van der Waals surface area contributed by atoms with Gasteiger partial charge in [0.25, 0.3) is 0 Å². The summed E-state index contributed by atoms with van der Waals surface area (Å²) in [4.78, 5) is 2.12. The maximum Gasteiger partial charge on any atom is 0.123 e. The average Bonchev–Trinajstić information content (AvgIpc) is 2.60. The topological polar surface area (TPSA) is 3.24 Å². The van der Waals surface area contributed by atoms with Crippen LogP contribution < -0.4 is 0 Å². The van der Waals surface area contributed by atoms with Crippen molar-refractivity contribution in [1.82, 2.24) is 4.90 Å². The Morgan fingerprint density at radius 3 is 2.59 bits per heavy atom. The van der Waals surface area contributed by atoms with E-state index in [1.165, 1.54) is 12.1 Å². The summed E-state index contributed by atoms with van der Waals surface area (Å²) >= 11 is 0. The van der Waals surface area contributed by atoms with Crippen LogP contribution in [0.25, 0.3) is 0 Å². The molecule has 1 saturated heterocycles. The van der Waals surface area contributed by atoms with E-state index < -0.39 is 6.17 Å². The van der Waals surface area contributed by atoms with E-state index in [1.807, 2.05) is 6.07 Å². The molecule has 0 aliphatic carbocycles. The third kappa shape index (κ3) is 2.65. The number of halogens is 2. The van der Waals surface area contributed by atoms with E-state index in [0.717, 1.165) is 5.56 Å². The van der Waals surface area contributed by atoms with Crippen LogP contribution >= 0.6 is 0 Å². The summed E-state index contributed by atoms with van der Waals surface area (Å²) in [5.74, 6) is -0.251. The molecule has 94 valence electrons. The van der Waals surface area contributed by atoms with Gasteiger partial charge in [-0.25, -0.2) is 8.78 Å². The highest BCUT2D eigenvalue weighted by Gasteiger charge is 2.39. The maximum atomic E-state index is 13.6. The molecule has 0 spiro atoms. The lowest BCUT2D eigenvalue weighted by Crippen LogP contribution is -2.41. The van der Waals surface area contributed by atoms with Crippen molar-refractivity contribution >= 4 is 0 Å². The Kier molecular flexibility index (Phi) is 3.21. The first-order valence-corrected chi connectivity index (χ1v) is 6.04. The summed E-state index contributed by atoms with van der Waals surface area (Å²) in [6, 6.07) is 6.50. The number of alkyl halides is 1. The van der Waals surface area contributed by atoms with Gasteiger partial charge in [0.15, 0.2) is 0 Å². The molecule has 1 fully saturated rings. The van der Waals surface area contributed by atoms with Crippen molar-refractivity contribution < 1.29 is 8.78 Å². The lowest BCUT2D eigenvalue weighted by atomic mass is 9.99. The van der Waals surface area contributed by atoms with Gasteiger partial charge in [-0.15, -0.1) is 0 Å². The van der Waals surface area contributed by atoms with Crippen molar-refractivity contribution in [2.45, 2.75) is 44.9 Å². The largest absolute Gasteiger partial charge is 0.288 e. The van der Waals surface area contributed by atoms with Crippen LogP contribution in [-0.2, 0) is 0 Å². The third-order valence-corrected chi connectivity index (χ3v) is 3.35. The molecule has 0 unspecified atom stereocenters. The van der Waals surface area contributed by atoms with Crippen LogP contribution in [0.4, 0.5) is 8.78 Å². The Balaban J connectivity index is 2.30. The summed E-state index contributed by atoms with van der Waals surface area (Å²) in [6.45, 7) is 6.64. The van der Waals surface area contributed by atoms with Crippen molar-refractivity contribution in [3.05, 3.63) is 35.6 Å². The molecule has 0 amide bonds. The van der Waals surface area contributed by atoms with Gasteiger partial charge in [0.1, 0.15) is 12.0 Å². The zero-order valence-corrected chi connectivity index (χ0v) is 10.6. The normalized spacial score (nSPS) is 26.4. The van der Waals surface area contributed by atoms with Gasteiger partial charge in [0.05, 0.1) is 0 Å². The van der Waals surface area contributed by atoms with Crippen LogP contribution in [-0.4, -0.2) is 23.2 Å². The number of likely N-dealkylation sites (tertiary alicyclic amines) is 1. The van der Waals surface area contributed by atoms with Crippen molar-refractivity contribution in [2.24, 2.45) is 0 Å². The van der Waals surface area contributed by atoms with Crippen molar-refractivity contribution in [3.8, 4) is 0 Å². The zero-order chi connectivity index (χ0) is 12.6. The summed E-state index contributed by atoms with van der Waals surface area (Å²) in [5, 5.41) is 0. The fourth-order valence-corrected chi connectivity index (χ4v) is 2.56. The summed E-state index contributed by atoms with van der Waals surface area (Å²) < 4.78 is 26.8. The van der Waals surface area contributed by atoms with Gasteiger partial charge >= 0.3 is 0 Å². The number of nitrogens with zero attached hydrogens (tertiary/aromatic N) is 1. The maximum absolute atomic E-state index is 13.6. The molecule has 0 saturated carbocycles. The average molecular weight is 239 g/mol. The molecule has 17 heavy (non-hydrogen) atoms. The highest BCUT2D eigenvalue weighted by Crippen LogP contribution is 2.38. The predicted molar refractivity (Wildman–Crippen MR) is 65.1 cm³/mol. The van der Waals surface area contributed by atoms with E-state index in [9.17, 15) is 8.78 Å². The Hall–Kier alpha value is -0.960. The lowest BCUT2D eigenvalue weighted by molar-refractivity contribution is 0.116. The standard InChI is InChI=1S/C14H19F2N/c1-14(2,3)17-9-12(16)8-13(17)10-5-4-6-11(15)7-10/h4-7,12-13H,8-9H2,1-3H3/t12-,13+/m0/s1. The summed E-state index contributed by atoms with van der Waals surface area (Å²) in [6.07, 6.45) is -0.358. The molecule has 2 rings (SSSR count). The molecule has 3 heteroatoms. The third-order valence-electron chi connectivity index (χ3n) is 3.35. The number of hydrogen-bond donors (Lipinski definition) is 0.